The number of H-pyrrole nitrogens is 1. The summed E-state index contributed by atoms with van der Waals surface area (Å²) >= 11 is 6.05. The Kier molecular flexibility index (Phi) is 4.98. The Hall–Kier alpha value is -1.85. The fourth-order valence-electron chi connectivity index (χ4n) is 2.09. The number of aryl methyl sites for hydroxylation is 1. The maximum atomic E-state index is 12.5. The lowest BCUT2D eigenvalue weighted by atomic mass is 10.1. The zero-order valence-electron chi connectivity index (χ0n) is 12.0. The quantitative estimate of drug-likeness (QED) is 0.680. The van der Waals surface area contributed by atoms with Crippen LogP contribution in [-0.2, 0) is 11.3 Å². The number of hydrogen-bond donors (Lipinski definition) is 1. The molecule has 0 saturated heterocycles. The molecule has 0 atom stereocenters. The van der Waals surface area contributed by atoms with Gasteiger partial charge in [0.15, 0.2) is 0 Å². The second-order valence-corrected chi connectivity index (χ2v) is 5.17. The molecule has 5 nitrogen and oxygen atoms in total. The van der Waals surface area contributed by atoms with E-state index in [1.54, 1.807) is 7.11 Å². The Labute approximate surface area is 127 Å². The molecule has 0 aliphatic rings. The van der Waals surface area contributed by atoms with Crippen LogP contribution in [0.1, 0.15) is 12.0 Å². The van der Waals surface area contributed by atoms with Crippen molar-refractivity contribution in [2.24, 2.45) is 0 Å². The summed E-state index contributed by atoms with van der Waals surface area (Å²) in [5.41, 5.74) is 1.20. The zero-order chi connectivity index (χ0) is 15.4. The standard InChI is InChI=1S/C15H17ClN2O3/c1-10-4-6-11(7-5-10)12-13(16)17-15(20)18(14(12)19)8-3-9-21-2/h4-7H,3,8-9H2,1-2H3,(H,17,20). The van der Waals surface area contributed by atoms with Crippen LogP contribution >= 0.6 is 11.6 Å². The summed E-state index contributed by atoms with van der Waals surface area (Å²) < 4.78 is 6.09. The molecule has 0 aliphatic heterocycles. The highest BCUT2D eigenvalue weighted by Gasteiger charge is 2.14. The van der Waals surface area contributed by atoms with E-state index in [9.17, 15) is 9.59 Å². The number of ether oxygens (including phenoxy) is 1. The monoisotopic (exact) mass is 308 g/mol. The zero-order valence-corrected chi connectivity index (χ0v) is 12.7. The maximum absolute atomic E-state index is 12.5. The first-order chi connectivity index (χ1) is 10.0. The van der Waals surface area contributed by atoms with E-state index in [0.29, 0.717) is 24.2 Å². The summed E-state index contributed by atoms with van der Waals surface area (Å²) in [6.07, 6.45) is 0.578. The molecule has 0 bridgehead atoms. The predicted molar refractivity (Wildman–Crippen MR) is 83.0 cm³/mol. The molecule has 0 radical (unpaired) electrons. The van der Waals surface area contributed by atoms with Crippen LogP contribution in [0.3, 0.4) is 0 Å². The van der Waals surface area contributed by atoms with E-state index < -0.39 is 5.69 Å². The first-order valence-corrected chi connectivity index (χ1v) is 7.01. The molecule has 0 aliphatic carbocycles. The van der Waals surface area contributed by atoms with Crippen molar-refractivity contribution in [3.63, 3.8) is 0 Å². The van der Waals surface area contributed by atoms with Gasteiger partial charge in [-0.1, -0.05) is 41.4 Å². The van der Waals surface area contributed by atoms with Gasteiger partial charge in [-0.2, -0.15) is 0 Å². The summed E-state index contributed by atoms with van der Waals surface area (Å²) in [6, 6.07) is 7.42. The number of methoxy groups -OCH3 is 1. The lowest BCUT2D eigenvalue weighted by molar-refractivity contribution is 0.189. The van der Waals surface area contributed by atoms with Gasteiger partial charge < -0.3 is 4.74 Å². The van der Waals surface area contributed by atoms with Crippen molar-refractivity contribution in [1.82, 2.24) is 9.55 Å². The SMILES string of the molecule is COCCCn1c(=O)[nH]c(Cl)c(-c2ccc(C)cc2)c1=O. The molecule has 1 heterocycles. The van der Waals surface area contributed by atoms with E-state index in [0.717, 1.165) is 10.1 Å². The topological polar surface area (TPSA) is 64.1 Å². The summed E-state index contributed by atoms with van der Waals surface area (Å²) in [7, 11) is 1.58. The van der Waals surface area contributed by atoms with Gasteiger partial charge in [0.2, 0.25) is 0 Å². The minimum absolute atomic E-state index is 0.0665. The number of aromatic nitrogens is 2. The summed E-state index contributed by atoms with van der Waals surface area (Å²) in [5, 5.41) is 0.0665. The van der Waals surface area contributed by atoms with Gasteiger partial charge in [-0.25, -0.2) is 4.79 Å². The molecule has 1 aromatic heterocycles. The molecular weight excluding hydrogens is 292 g/mol. The number of benzene rings is 1. The molecule has 21 heavy (non-hydrogen) atoms. The van der Waals surface area contributed by atoms with Crippen LogP contribution in [-0.4, -0.2) is 23.3 Å². The first-order valence-electron chi connectivity index (χ1n) is 6.63. The third-order valence-electron chi connectivity index (χ3n) is 3.21. The highest BCUT2D eigenvalue weighted by atomic mass is 35.5. The van der Waals surface area contributed by atoms with E-state index in [1.807, 2.05) is 31.2 Å². The van der Waals surface area contributed by atoms with Crippen molar-refractivity contribution >= 4 is 11.6 Å². The molecule has 0 fully saturated rings. The summed E-state index contributed by atoms with van der Waals surface area (Å²) in [6.45, 7) is 2.73. The first kappa shape index (κ1) is 15.5. The van der Waals surface area contributed by atoms with Crippen LogP contribution in [0.25, 0.3) is 11.1 Å². The minimum Gasteiger partial charge on any atom is -0.385 e. The number of aromatic amines is 1. The highest BCUT2D eigenvalue weighted by Crippen LogP contribution is 2.21. The number of halogens is 1. The molecule has 112 valence electrons. The van der Waals surface area contributed by atoms with Gasteiger partial charge in [0.05, 0.1) is 5.56 Å². The van der Waals surface area contributed by atoms with E-state index in [4.69, 9.17) is 16.3 Å². The molecule has 2 aromatic rings. The Bertz CT molecular complexity index is 732. The largest absolute Gasteiger partial charge is 0.385 e. The van der Waals surface area contributed by atoms with Crippen LogP contribution in [0.2, 0.25) is 5.15 Å². The summed E-state index contributed by atoms with van der Waals surface area (Å²) in [5.74, 6) is 0. The third-order valence-corrected chi connectivity index (χ3v) is 3.49. The third kappa shape index (κ3) is 3.43. The van der Waals surface area contributed by atoms with E-state index >= 15 is 0 Å². The number of hydrogen-bond acceptors (Lipinski definition) is 3. The fourth-order valence-corrected chi connectivity index (χ4v) is 2.36. The van der Waals surface area contributed by atoms with Gasteiger partial charge >= 0.3 is 5.69 Å². The van der Waals surface area contributed by atoms with E-state index in [1.165, 1.54) is 0 Å². The molecule has 0 saturated carbocycles. The molecule has 0 spiro atoms. The minimum atomic E-state index is -0.503. The van der Waals surface area contributed by atoms with Crippen molar-refractivity contribution in [3.05, 3.63) is 55.8 Å². The van der Waals surface area contributed by atoms with Gasteiger partial charge in [-0.05, 0) is 18.9 Å². The Morgan fingerprint density at radius 1 is 1.24 bits per heavy atom. The molecule has 1 N–H and O–H groups in total. The highest BCUT2D eigenvalue weighted by molar-refractivity contribution is 6.32. The van der Waals surface area contributed by atoms with Crippen LogP contribution < -0.4 is 11.2 Å². The molecule has 1 aromatic carbocycles. The van der Waals surface area contributed by atoms with Crippen LogP contribution in [0, 0.1) is 6.92 Å². The van der Waals surface area contributed by atoms with E-state index in [2.05, 4.69) is 4.98 Å². The second kappa shape index (κ2) is 6.74. The number of nitrogens with one attached hydrogen (secondary N) is 1. The molecule has 2 rings (SSSR count). The van der Waals surface area contributed by atoms with Crippen molar-refractivity contribution in [1.29, 1.82) is 0 Å². The summed E-state index contributed by atoms with van der Waals surface area (Å²) in [4.78, 5) is 26.9. The van der Waals surface area contributed by atoms with E-state index in [-0.39, 0.29) is 17.3 Å². The van der Waals surface area contributed by atoms with Gasteiger partial charge in [-0.3, -0.25) is 14.3 Å². The average molecular weight is 309 g/mol. The Balaban J connectivity index is 2.51. The van der Waals surface area contributed by atoms with Crippen LogP contribution in [0.5, 0.6) is 0 Å². The molecule has 0 amide bonds. The lowest BCUT2D eigenvalue weighted by Gasteiger charge is -2.09. The van der Waals surface area contributed by atoms with Crippen LogP contribution in [0.15, 0.2) is 33.9 Å². The van der Waals surface area contributed by atoms with Crippen molar-refractivity contribution in [2.75, 3.05) is 13.7 Å². The van der Waals surface area contributed by atoms with Gasteiger partial charge in [0.25, 0.3) is 5.56 Å². The number of rotatable bonds is 5. The lowest BCUT2D eigenvalue weighted by Crippen LogP contribution is -2.36. The Morgan fingerprint density at radius 3 is 2.52 bits per heavy atom. The van der Waals surface area contributed by atoms with Crippen molar-refractivity contribution in [3.8, 4) is 11.1 Å². The van der Waals surface area contributed by atoms with Crippen LogP contribution in [0.4, 0.5) is 0 Å². The van der Waals surface area contributed by atoms with Crippen molar-refractivity contribution in [2.45, 2.75) is 19.9 Å². The Morgan fingerprint density at radius 2 is 1.90 bits per heavy atom. The molecule has 6 heteroatoms. The molecule has 0 unspecified atom stereocenters. The fraction of sp³-hybridized carbons (Fsp3) is 0.333. The average Bonchev–Trinajstić information content (AvgIpc) is 2.44. The maximum Gasteiger partial charge on any atom is 0.329 e. The normalized spacial score (nSPS) is 10.8. The molecular formula is C15H17ClN2O3. The van der Waals surface area contributed by atoms with Gasteiger partial charge in [0.1, 0.15) is 5.15 Å². The smallest absolute Gasteiger partial charge is 0.329 e. The number of nitrogens with zero attached hydrogens (tertiary/aromatic N) is 1. The second-order valence-electron chi connectivity index (χ2n) is 4.79. The van der Waals surface area contributed by atoms with Gasteiger partial charge in [-0.15, -0.1) is 0 Å². The van der Waals surface area contributed by atoms with Crippen molar-refractivity contribution < 1.29 is 4.74 Å². The predicted octanol–water partition coefficient (Wildman–Crippen LogP) is 2.20. The van der Waals surface area contributed by atoms with Gasteiger partial charge in [0, 0.05) is 20.3 Å².